The number of nitriles is 1. The van der Waals surface area contributed by atoms with E-state index in [2.05, 4.69) is 186 Å². The molecule has 69 heavy (non-hydrogen) atoms. The number of pyridine rings is 1. The molecule has 0 N–H and O–H groups in total. The SMILES string of the molecule is CC(C)(C)c1cc(N2[CH-]N(c3[c-]c(Oc4[c-]c5c(cc4)c4cc(C#N)ccc4n5-c4cc(C(C)(C)C)ccn4)ccc3)c3cccc(-c4cccc5c4oc4ccccc45)c32)cc(C(C)(C)C)c1.[Pt]. The number of para-hydroxylation sites is 3. The molecule has 7 aromatic carbocycles. The van der Waals surface area contributed by atoms with E-state index in [0.29, 0.717) is 17.1 Å². The number of anilines is 4. The summed E-state index contributed by atoms with van der Waals surface area (Å²) in [7, 11) is 0. The van der Waals surface area contributed by atoms with Gasteiger partial charge in [-0.2, -0.15) is 17.4 Å². The van der Waals surface area contributed by atoms with Crippen molar-refractivity contribution in [1.29, 1.82) is 5.26 Å². The van der Waals surface area contributed by atoms with Crippen molar-refractivity contribution in [2.45, 2.75) is 78.6 Å². The Morgan fingerprint density at radius 3 is 2.06 bits per heavy atom. The summed E-state index contributed by atoms with van der Waals surface area (Å²) in [5.41, 5.74) is 13.5. The van der Waals surface area contributed by atoms with E-state index in [1.165, 1.54) is 16.7 Å². The maximum Gasteiger partial charge on any atom is 0.143 e. The van der Waals surface area contributed by atoms with Crippen LogP contribution in [0.1, 0.15) is 84.6 Å². The quantitative estimate of drug-likeness (QED) is 0.155. The molecule has 10 aromatic rings. The zero-order chi connectivity index (χ0) is 47.3. The van der Waals surface area contributed by atoms with Gasteiger partial charge in [-0.15, -0.1) is 48.1 Å². The van der Waals surface area contributed by atoms with Crippen LogP contribution in [-0.2, 0) is 37.3 Å². The molecule has 0 fully saturated rings. The Morgan fingerprint density at radius 2 is 1.30 bits per heavy atom. The van der Waals surface area contributed by atoms with Crippen LogP contribution in [0.25, 0.3) is 60.7 Å². The summed E-state index contributed by atoms with van der Waals surface area (Å²) < 4.78 is 15.5. The molecule has 11 rings (SSSR count). The van der Waals surface area contributed by atoms with Gasteiger partial charge in [-0.3, -0.25) is 0 Å². The molecule has 1 aliphatic heterocycles. The van der Waals surface area contributed by atoms with E-state index in [9.17, 15) is 5.26 Å². The molecular weight excluding hydrogens is 1030 g/mol. The third kappa shape index (κ3) is 8.05. The average Bonchev–Trinajstić information content (AvgIpc) is 4.00. The van der Waals surface area contributed by atoms with Gasteiger partial charge in [0.2, 0.25) is 0 Å². The van der Waals surface area contributed by atoms with Crippen LogP contribution in [0, 0.1) is 30.1 Å². The Bertz CT molecular complexity index is 3650. The molecule has 0 spiro atoms. The first-order chi connectivity index (χ1) is 32.5. The summed E-state index contributed by atoms with van der Waals surface area (Å²) in [6.45, 7) is 22.5. The van der Waals surface area contributed by atoms with E-state index in [1.807, 2.05) is 60.8 Å². The van der Waals surface area contributed by atoms with Crippen LogP contribution in [0.15, 0.2) is 150 Å². The van der Waals surface area contributed by atoms with Crippen LogP contribution in [-0.4, -0.2) is 9.55 Å². The smallest absolute Gasteiger partial charge is 0.143 e. The van der Waals surface area contributed by atoms with Crippen molar-refractivity contribution >= 4 is 66.5 Å². The Morgan fingerprint density at radius 1 is 0.609 bits per heavy atom. The molecule has 0 atom stereocenters. The molecule has 3 aromatic heterocycles. The minimum atomic E-state index is -0.0853. The van der Waals surface area contributed by atoms with Gasteiger partial charge in [-0.25, -0.2) is 4.98 Å². The molecular formula is C61H52N5O2Pt-3. The monoisotopic (exact) mass is 1080 g/mol. The fourth-order valence-corrected chi connectivity index (χ4v) is 9.45. The predicted octanol–water partition coefficient (Wildman–Crippen LogP) is 16.3. The normalized spacial score (nSPS) is 13.0. The molecule has 0 amide bonds. The second-order valence-electron chi connectivity index (χ2n) is 21.0. The number of fused-ring (bicyclic) bond motifs is 7. The number of furan rings is 1. The van der Waals surface area contributed by atoms with E-state index in [0.717, 1.165) is 83.4 Å². The van der Waals surface area contributed by atoms with Crippen molar-refractivity contribution in [2.24, 2.45) is 0 Å². The number of ether oxygens (including phenoxy) is 1. The second-order valence-corrected chi connectivity index (χ2v) is 21.0. The van der Waals surface area contributed by atoms with Crippen molar-refractivity contribution in [3.63, 3.8) is 0 Å². The molecule has 0 radical (unpaired) electrons. The number of aromatic nitrogens is 2. The number of nitrogens with zero attached hydrogens (tertiary/aromatic N) is 5. The third-order valence-electron chi connectivity index (χ3n) is 13.2. The molecule has 0 bridgehead atoms. The summed E-state index contributed by atoms with van der Waals surface area (Å²) >= 11 is 0. The van der Waals surface area contributed by atoms with Crippen LogP contribution in [0.3, 0.4) is 0 Å². The molecule has 8 heteroatoms. The average molecular weight is 1080 g/mol. The summed E-state index contributed by atoms with van der Waals surface area (Å²) in [5.74, 6) is 1.85. The Balaban J connectivity index is 0.00000553. The van der Waals surface area contributed by atoms with E-state index < -0.39 is 0 Å². The van der Waals surface area contributed by atoms with Gasteiger partial charge < -0.3 is 23.5 Å². The first-order valence-corrected chi connectivity index (χ1v) is 23.2. The molecule has 4 heterocycles. The van der Waals surface area contributed by atoms with Crippen LogP contribution in [0.2, 0.25) is 0 Å². The second kappa shape index (κ2) is 16.8. The van der Waals surface area contributed by atoms with Crippen molar-refractivity contribution < 1.29 is 30.2 Å². The summed E-state index contributed by atoms with van der Waals surface area (Å²) in [4.78, 5) is 9.39. The van der Waals surface area contributed by atoms with Crippen molar-refractivity contribution in [3.8, 4) is 34.5 Å². The summed E-state index contributed by atoms with van der Waals surface area (Å²) in [6, 6.07) is 57.8. The molecule has 0 saturated heterocycles. The van der Waals surface area contributed by atoms with Gasteiger partial charge in [-0.05, 0) is 92.9 Å². The fraction of sp³-hybridized carbons (Fsp3) is 0.197. The minimum Gasteiger partial charge on any atom is -0.509 e. The zero-order valence-corrected chi connectivity index (χ0v) is 42.6. The van der Waals surface area contributed by atoms with Gasteiger partial charge >= 0.3 is 0 Å². The largest absolute Gasteiger partial charge is 0.509 e. The molecule has 1 aliphatic rings. The summed E-state index contributed by atoms with van der Waals surface area (Å²) in [5, 5.41) is 13.9. The zero-order valence-electron chi connectivity index (χ0n) is 40.3. The fourth-order valence-electron chi connectivity index (χ4n) is 9.45. The molecule has 7 nitrogen and oxygen atoms in total. The first-order valence-electron chi connectivity index (χ1n) is 23.2. The molecule has 346 valence electrons. The van der Waals surface area contributed by atoms with Gasteiger partial charge in [0.05, 0.1) is 11.6 Å². The number of hydrogen-bond donors (Lipinski definition) is 0. The van der Waals surface area contributed by atoms with Gasteiger partial charge in [0, 0.05) is 83.2 Å². The number of benzene rings is 7. The van der Waals surface area contributed by atoms with Gasteiger partial charge in [0.25, 0.3) is 0 Å². The molecule has 0 aliphatic carbocycles. The number of rotatable bonds is 6. The predicted molar refractivity (Wildman–Crippen MR) is 278 cm³/mol. The van der Waals surface area contributed by atoms with Crippen LogP contribution in [0.5, 0.6) is 11.5 Å². The molecule has 0 saturated carbocycles. The van der Waals surface area contributed by atoms with Gasteiger partial charge in [0.1, 0.15) is 17.0 Å². The Labute approximate surface area is 418 Å². The van der Waals surface area contributed by atoms with E-state index in [4.69, 9.17) is 14.1 Å². The van der Waals surface area contributed by atoms with Gasteiger partial charge in [0.15, 0.2) is 0 Å². The third-order valence-corrected chi connectivity index (χ3v) is 13.2. The van der Waals surface area contributed by atoms with Crippen LogP contribution < -0.4 is 14.5 Å². The first kappa shape index (κ1) is 45.6. The topological polar surface area (TPSA) is 70.5 Å². The van der Waals surface area contributed by atoms with E-state index >= 15 is 0 Å². The van der Waals surface area contributed by atoms with Crippen molar-refractivity contribution in [1.82, 2.24) is 9.55 Å². The molecule has 0 unspecified atom stereocenters. The Hall–Kier alpha value is -7.13. The van der Waals surface area contributed by atoms with Crippen LogP contribution >= 0.6 is 0 Å². The summed E-state index contributed by atoms with van der Waals surface area (Å²) in [6.07, 6.45) is 1.86. The van der Waals surface area contributed by atoms with E-state index in [-0.39, 0.29) is 37.3 Å². The van der Waals surface area contributed by atoms with E-state index in [1.54, 1.807) is 0 Å². The van der Waals surface area contributed by atoms with Crippen molar-refractivity contribution in [2.75, 3.05) is 9.80 Å². The number of hydrogen-bond acceptors (Lipinski definition) is 6. The Kier molecular flexibility index (Phi) is 11.1. The maximum atomic E-state index is 9.85. The minimum absolute atomic E-state index is 0. The standard InChI is InChI=1S/C61H52N5O2.Pt/c1-59(2,3)39-27-28-63-56(33-39)66-52-26-23-38(36-62)29-51(52)46-25-24-45(35-54(46)66)67-44-16-12-15-42(34-44)64-37-65(43-31-40(60(4,5)6)30-41(32-43)61(7,8)9)57-48(18-14-21-53(57)64)50-20-13-19-49-47-17-10-11-22-55(47)68-58(49)50;/h10-33,37H,1-9H3;/q-3;. The maximum absolute atomic E-state index is 9.85. The van der Waals surface area contributed by atoms with Crippen LogP contribution in [0.4, 0.5) is 22.7 Å². The van der Waals surface area contributed by atoms with Crippen molar-refractivity contribution in [3.05, 3.63) is 187 Å². The van der Waals surface area contributed by atoms with Gasteiger partial charge in [-0.1, -0.05) is 122 Å².